The number of para-hydroxylation sites is 1. The molecule has 35 heavy (non-hydrogen) atoms. The van der Waals surface area contributed by atoms with Crippen molar-refractivity contribution >= 4 is 17.3 Å². The Labute approximate surface area is 207 Å². The summed E-state index contributed by atoms with van der Waals surface area (Å²) in [5.41, 5.74) is 8.22. The minimum absolute atomic E-state index is 0.115. The molecule has 0 aliphatic heterocycles. The average molecular weight is 465 g/mol. The number of carbonyl (C=O) groups excluding carboxylic acids is 1. The van der Waals surface area contributed by atoms with E-state index in [-0.39, 0.29) is 5.41 Å². The van der Waals surface area contributed by atoms with Gasteiger partial charge in [0.15, 0.2) is 0 Å². The van der Waals surface area contributed by atoms with E-state index in [0.717, 1.165) is 22.5 Å². The first kappa shape index (κ1) is 24.2. The molecule has 0 fully saturated rings. The van der Waals surface area contributed by atoms with Crippen molar-refractivity contribution in [1.82, 2.24) is 5.48 Å². The van der Waals surface area contributed by atoms with Crippen LogP contribution in [-0.4, -0.2) is 11.1 Å². The van der Waals surface area contributed by atoms with E-state index < -0.39 is 11.8 Å². The van der Waals surface area contributed by atoms with Crippen LogP contribution in [0.2, 0.25) is 0 Å². The topological polar surface area (TPSA) is 52.6 Å². The number of hydrogen-bond acceptors (Lipinski definition) is 3. The highest BCUT2D eigenvalue weighted by Gasteiger charge is 2.23. The summed E-state index contributed by atoms with van der Waals surface area (Å²) < 4.78 is 0. The minimum Gasteiger partial charge on any atom is -0.337 e. The summed E-state index contributed by atoms with van der Waals surface area (Å²) in [5, 5.41) is 9.35. The molecule has 0 heterocycles. The first-order chi connectivity index (χ1) is 16.9. The average Bonchev–Trinajstić information content (AvgIpc) is 2.89. The van der Waals surface area contributed by atoms with Crippen LogP contribution in [-0.2, 0) is 16.8 Å². The molecule has 4 nitrogen and oxygen atoms in total. The molecule has 4 rings (SSSR count). The molecular formula is C31H32N2O2. The highest BCUT2D eigenvalue weighted by molar-refractivity contribution is 5.86. The van der Waals surface area contributed by atoms with Crippen LogP contribution in [0.1, 0.15) is 48.9 Å². The maximum absolute atomic E-state index is 12.5. The summed E-state index contributed by atoms with van der Waals surface area (Å²) in [5.74, 6) is -1.05. The van der Waals surface area contributed by atoms with Crippen LogP contribution in [0.4, 0.5) is 11.4 Å². The van der Waals surface area contributed by atoms with Crippen molar-refractivity contribution in [3.05, 3.63) is 131 Å². The van der Waals surface area contributed by atoms with Gasteiger partial charge in [0.1, 0.15) is 0 Å². The predicted molar refractivity (Wildman–Crippen MR) is 142 cm³/mol. The van der Waals surface area contributed by atoms with Gasteiger partial charge in [-0.3, -0.25) is 10.0 Å². The molecule has 1 amide bonds. The van der Waals surface area contributed by atoms with Crippen LogP contribution in [0.15, 0.2) is 109 Å². The second kappa shape index (κ2) is 10.6. The Morgan fingerprint density at radius 3 is 1.80 bits per heavy atom. The van der Waals surface area contributed by atoms with E-state index in [1.54, 1.807) is 0 Å². The smallest absolute Gasteiger partial charge is 0.255 e. The van der Waals surface area contributed by atoms with Crippen LogP contribution in [0.5, 0.6) is 0 Å². The number of rotatable bonds is 7. The summed E-state index contributed by atoms with van der Waals surface area (Å²) in [6, 6.07) is 36.6. The molecule has 0 saturated carbocycles. The molecule has 0 spiro atoms. The summed E-state index contributed by atoms with van der Waals surface area (Å²) in [6.07, 6.45) is 0. The summed E-state index contributed by atoms with van der Waals surface area (Å²) >= 11 is 0. The quantitative estimate of drug-likeness (QED) is 0.230. The SMILES string of the molecule is CC(C)(C)c1ccc(CN(c2ccccc2)c2ccc(C(C(=O)NO)c3ccccc3)cc2)cc1. The Bertz CT molecular complexity index is 1230. The normalized spacial score (nSPS) is 12.1. The number of hydrogen-bond donors (Lipinski definition) is 2. The monoisotopic (exact) mass is 464 g/mol. The lowest BCUT2D eigenvalue weighted by atomic mass is 9.86. The summed E-state index contributed by atoms with van der Waals surface area (Å²) in [6.45, 7) is 7.38. The van der Waals surface area contributed by atoms with Crippen molar-refractivity contribution in [2.75, 3.05) is 4.90 Å². The third-order valence-electron chi connectivity index (χ3n) is 6.27. The van der Waals surface area contributed by atoms with Gasteiger partial charge in [0.05, 0.1) is 5.92 Å². The van der Waals surface area contributed by atoms with Gasteiger partial charge in [-0.25, -0.2) is 5.48 Å². The maximum Gasteiger partial charge on any atom is 0.255 e. The first-order valence-corrected chi connectivity index (χ1v) is 11.9. The molecule has 4 heteroatoms. The third kappa shape index (κ3) is 5.79. The van der Waals surface area contributed by atoms with E-state index in [9.17, 15) is 10.0 Å². The van der Waals surface area contributed by atoms with E-state index in [0.29, 0.717) is 6.54 Å². The molecular weight excluding hydrogens is 432 g/mol. The standard InChI is InChI=1S/C31H32N2O2/c1-31(2,3)26-18-14-23(15-19-26)22-33(27-12-8-5-9-13-27)28-20-16-25(17-21-28)29(30(34)32-35)24-10-6-4-7-11-24/h4-21,29,35H,22H2,1-3H3,(H,32,34). The lowest BCUT2D eigenvalue weighted by Crippen LogP contribution is -2.27. The highest BCUT2D eigenvalue weighted by Crippen LogP contribution is 2.32. The van der Waals surface area contributed by atoms with Crippen LogP contribution in [0, 0.1) is 0 Å². The molecule has 0 saturated heterocycles. The van der Waals surface area contributed by atoms with Gasteiger partial charge >= 0.3 is 0 Å². The molecule has 2 N–H and O–H groups in total. The van der Waals surface area contributed by atoms with Crippen molar-refractivity contribution in [3.63, 3.8) is 0 Å². The second-order valence-corrected chi connectivity index (χ2v) is 9.78. The third-order valence-corrected chi connectivity index (χ3v) is 6.27. The molecule has 0 aromatic heterocycles. The van der Waals surface area contributed by atoms with Crippen molar-refractivity contribution in [2.45, 2.75) is 38.6 Å². The summed E-state index contributed by atoms with van der Waals surface area (Å²) in [7, 11) is 0. The number of amides is 1. The number of nitrogens with zero attached hydrogens (tertiary/aromatic N) is 1. The Hall–Kier alpha value is -3.89. The molecule has 1 atom stereocenters. The van der Waals surface area contributed by atoms with E-state index in [1.807, 2.05) is 78.3 Å². The molecule has 0 bridgehead atoms. The van der Waals surface area contributed by atoms with Crippen molar-refractivity contribution in [1.29, 1.82) is 0 Å². The molecule has 1 unspecified atom stereocenters. The molecule has 4 aromatic carbocycles. The maximum atomic E-state index is 12.5. The Kier molecular flexibility index (Phi) is 7.33. The van der Waals surface area contributed by atoms with Gasteiger partial charge in [0.2, 0.25) is 0 Å². The van der Waals surface area contributed by atoms with Crippen molar-refractivity contribution in [3.8, 4) is 0 Å². The first-order valence-electron chi connectivity index (χ1n) is 11.9. The largest absolute Gasteiger partial charge is 0.337 e. The molecule has 178 valence electrons. The Balaban J connectivity index is 1.66. The predicted octanol–water partition coefficient (Wildman–Crippen LogP) is 6.96. The number of anilines is 2. The van der Waals surface area contributed by atoms with Gasteiger partial charge in [0, 0.05) is 17.9 Å². The molecule has 0 aliphatic carbocycles. The Morgan fingerprint density at radius 1 is 0.743 bits per heavy atom. The second-order valence-electron chi connectivity index (χ2n) is 9.78. The lowest BCUT2D eigenvalue weighted by molar-refractivity contribution is -0.129. The van der Waals surface area contributed by atoms with Gasteiger partial charge in [-0.05, 0) is 51.9 Å². The number of hydroxylamine groups is 1. The van der Waals surface area contributed by atoms with Gasteiger partial charge in [0.25, 0.3) is 5.91 Å². The molecule has 4 aromatic rings. The van der Waals surface area contributed by atoms with E-state index in [4.69, 9.17) is 0 Å². The fourth-order valence-corrected chi connectivity index (χ4v) is 4.28. The summed E-state index contributed by atoms with van der Waals surface area (Å²) in [4.78, 5) is 14.8. The number of carbonyl (C=O) groups is 1. The van der Waals surface area contributed by atoms with Crippen LogP contribution >= 0.6 is 0 Å². The van der Waals surface area contributed by atoms with E-state index >= 15 is 0 Å². The highest BCUT2D eigenvalue weighted by atomic mass is 16.5. The number of nitrogens with one attached hydrogen (secondary N) is 1. The zero-order chi connectivity index (χ0) is 24.8. The zero-order valence-corrected chi connectivity index (χ0v) is 20.5. The van der Waals surface area contributed by atoms with Crippen LogP contribution in [0.25, 0.3) is 0 Å². The van der Waals surface area contributed by atoms with Crippen LogP contribution < -0.4 is 10.4 Å². The van der Waals surface area contributed by atoms with Gasteiger partial charge in [-0.15, -0.1) is 0 Å². The fraction of sp³-hybridized carbons (Fsp3) is 0.194. The van der Waals surface area contributed by atoms with E-state index in [2.05, 4.69) is 62.1 Å². The van der Waals surface area contributed by atoms with Gasteiger partial charge in [-0.1, -0.05) is 106 Å². The number of benzene rings is 4. The van der Waals surface area contributed by atoms with Crippen LogP contribution in [0.3, 0.4) is 0 Å². The Morgan fingerprint density at radius 2 is 1.26 bits per heavy atom. The van der Waals surface area contributed by atoms with Crippen molar-refractivity contribution in [2.24, 2.45) is 0 Å². The molecule has 0 radical (unpaired) electrons. The van der Waals surface area contributed by atoms with Gasteiger partial charge in [-0.2, -0.15) is 0 Å². The fourth-order valence-electron chi connectivity index (χ4n) is 4.28. The zero-order valence-electron chi connectivity index (χ0n) is 20.5. The van der Waals surface area contributed by atoms with Gasteiger partial charge < -0.3 is 4.90 Å². The van der Waals surface area contributed by atoms with Crippen molar-refractivity contribution < 1.29 is 10.0 Å². The minimum atomic E-state index is -0.592. The van der Waals surface area contributed by atoms with E-state index in [1.165, 1.54) is 11.1 Å². The lowest BCUT2D eigenvalue weighted by Gasteiger charge is -2.27. The molecule has 0 aliphatic rings.